The number of ether oxygens (including phenoxy) is 2. The van der Waals surface area contributed by atoms with Gasteiger partial charge in [0.15, 0.2) is 11.6 Å². The molecule has 3 rings (SSSR count). The Balaban J connectivity index is 0.00000280. The van der Waals surface area contributed by atoms with E-state index in [2.05, 4.69) is 20.5 Å². The molecule has 9 heteroatoms. The highest BCUT2D eigenvalue weighted by atomic mass is 127. The molecule has 8 nitrogen and oxygen atoms in total. The molecule has 1 aromatic carbocycles. The fourth-order valence-corrected chi connectivity index (χ4v) is 2.66. The van der Waals surface area contributed by atoms with E-state index in [1.54, 1.807) is 0 Å². The lowest BCUT2D eigenvalue weighted by Gasteiger charge is -2.13. The van der Waals surface area contributed by atoms with Gasteiger partial charge in [-0.2, -0.15) is 0 Å². The molecule has 2 heterocycles. The van der Waals surface area contributed by atoms with E-state index >= 15 is 0 Å². The summed E-state index contributed by atoms with van der Waals surface area (Å²) >= 11 is 0. The van der Waals surface area contributed by atoms with Crippen LogP contribution in [0.15, 0.2) is 47.6 Å². The summed E-state index contributed by atoms with van der Waals surface area (Å²) in [6.07, 6.45) is 2.56. The monoisotopic (exact) mass is 496 g/mol. The zero-order valence-corrected chi connectivity index (χ0v) is 18.3. The lowest BCUT2D eigenvalue weighted by atomic mass is 10.2. The minimum atomic E-state index is 0. The molecule has 0 aliphatic rings. The maximum absolute atomic E-state index is 6.05. The standard InChI is InChI=1S/C19H24N6O2.HI/c1-3-26-14-8-9-16(27-4-2)15(13-14)22-19(20)21-11-10-18-24-23-17-7-5-6-12-25(17)18;/h5-9,12-13H,3-4,10-11H2,1-2H3,(H3,20,21,22);1H. The quantitative estimate of drug-likeness (QED) is 0.283. The van der Waals surface area contributed by atoms with Crippen molar-refractivity contribution in [2.24, 2.45) is 10.7 Å². The molecule has 0 aliphatic carbocycles. The van der Waals surface area contributed by atoms with E-state index in [1.807, 2.05) is 60.8 Å². The third-order valence-electron chi connectivity index (χ3n) is 3.83. The van der Waals surface area contributed by atoms with E-state index < -0.39 is 0 Å². The molecular formula is C19H25IN6O2. The molecule has 3 N–H and O–H groups in total. The van der Waals surface area contributed by atoms with Crippen molar-refractivity contribution in [3.8, 4) is 11.5 Å². The molecular weight excluding hydrogens is 471 g/mol. The highest BCUT2D eigenvalue weighted by molar-refractivity contribution is 14.0. The van der Waals surface area contributed by atoms with Crippen LogP contribution in [0.1, 0.15) is 19.7 Å². The molecule has 0 aliphatic heterocycles. The summed E-state index contributed by atoms with van der Waals surface area (Å²) in [6, 6.07) is 11.4. The van der Waals surface area contributed by atoms with Gasteiger partial charge in [-0.25, -0.2) is 0 Å². The third kappa shape index (κ3) is 5.47. The number of nitrogens with one attached hydrogen (secondary N) is 1. The molecule has 28 heavy (non-hydrogen) atoms. The van der Waals surface area contributed by atoms with Gasteiger partial charge >= 0.3 is 0 Å². The summed E-state index contributed by atoms with van der Waals surface area (Å²) in [6.45, 7) is 5.50. The second-order valence-electron chi connectivity index (χ2n) is 5.71. The van der Waals surface area contributed by atoms with E-state index in [0.717, 1.165) is 22.9 Å². The molecule has 0 saturated carbocycles. The second kappa shape index (κ2) is 10.7. The highest BCUT2D eigenvalue weighted by Crippen LogP contribution is 2.29. The van der Waals surface area contributed by atoms with Gasteiger partial charge in [-0.15, -0.1) is 34.2 Å². The van der Waals surface area contributed by atoms with Crippen LogP contribution in [-0.4, -0.2) is 40.3 Å². The number of anilines is 1. The maximum atomic E-state index is 6.05. The first kappa shape index (κ1) is 21.7. The van der Waals surface area contributed by atoms with Gasteiger partial charge in [0.2, 0.25) is 0 Å². The van der Waals surface area contributed by atoms with E-state index in [9.17, 15) is 0 Å². The van der Waals surface area contributed by atoms with Crippen LogP contribution in [0, 0.1) is 0 Å². The first-order valence-electron chi connectivity index (χ1n) is 8.96. The number of pyridine rings is 1. The van der Waals surface area contributed by atoms with Crippen molar-refractivity contribution >= 4 is 41.3 Å². The van der Waals surface area contributed by atoms with E-state index in [0.29, 0.717) is 37.9 Å². The van der Waals surface area contributed by atoms with Crippen molar-refractivity contribution in [3.63, 3.8) is 0 Å². The van der Waals surface area contributed by atoms with Crippen molar-refractivity contribution in [3.05, 3.63) is 48.4 Å². The van der Waals surface area contributed by atoms with Crippen molar-refractivity contribution in [1.29, 1.82) is 0 Å². The number of aliphatic imine (C=N–C) groups is 1. The smallest absolute Gasteiger partial charge is 0.193 e. The van der Waals surface area contributed by atoms with Crippen LogP contribution in [0.5, 0.6) is 11.5 Å². The molecule has 0 atom stereocenters. The Kier molecular flexibility index (Phi) is 8.30. The van der Waals surface area contributed by atoms with Gasteiger partial charge in [0.1, 0.15) is 17.3 Å². The van der Waals surface area contributed by atoms with Crippen LogP contribution in [0.2, 0.25) is 0 Å². The van der Waals surface area contributed by atoms with Crippen molar-refractivity contribution in [1.82, 2.24) is 14.6 Å². The molecule has 3 aromatic rings. The van der Waals surface area contributed by atoms with Crippen LogP contribution in [0.25, 0.3) is 5.65 Å². The van der Waals surface area contributed by atoms with Gasteiger partial charge in [-0.1, -0.05) is 6.07 Å². The fourth-order valence-electron chi connectivity index (χ4n) is 2.66. The number of fused-ring (bicyclic) bond motifs is 1. The summed E-state index contributed by atoms with van der Waals surface area (Å²) in [7, 11) is 0. The van der Waals surface area contributed by atoms with Gasteiger partial charge in [-0.3, -0.25) is 9.39 Å². The molecule has 0 spiro atoms. The molecule has 0 bridgehead atoms. The largest absolute Gasteiger partial charge is 0.494 e. The summed E-state index contributed by atoms with van der Waals surface area (Å²) in [5.74, 6) is 2.59. The van der Waals surface area contributed by atoms with Crippen LogP contribution < -0.4 is 20.5 Å². The van der Waals surface area contributed by atoms with Crippen LogP contribution in [0.4, 0.5) is 5.69 Å². The molecule has 0 amide bonds. The zero-order valence-electron chi connectivity index (χ0n) is 16.0. The number of guanidine groups is 1. The topological polar surface area (TPSA) is 99.1 Å². The summed E-state index contributed by atoms with van der Waals surface area (Å²) in [5, 5.41) is 11.4. The summed E-state index contributed by atoms with van der Waals surface area (Å²) in [4.78, 5) is 4.38. The Morgan fingerprint density at radius 2 is 1.96 bits per heavy atom. The van der Waals surface area contributed by atoms with E-state index in [4.69, 9.17) is 15.2 Å². The Labute approximate surface area is 181 Å². The molecule has 0 unspecified atom stereocenters. The first-order valence-corrected chi connectivity index (χ1v) is 8.96. The van der Waals surface area contributed by atoms with Gasteiger partial charge in [0, 0.05) is 25.2 Å². The number of benzene rings is 1. The van der Waals surface area contributed by atoms with Crippen molar-refractivity contribution in [2.45, 2.75) is 20.3 Å². The van der Waals surface area contributed by atoms with Gasteiger partial charge in [0.25, 0.3) is 0 Å². The van der Waals surface area contributed by atoms with Gasteiger partial charge < -0.3 is 20.5 Å². The Morgan fingerprint density at radius 3 is 2.75 bits per heavy atom. The van der Waals surface area contributed by atoms with Crippen molar-refractivity contribution < 1.29 is 9.47 Å². The van der Waals surface area contributed by atoms with Crippen LogP contribution >= 0.6 is 24.0 Å². The minimum Gasteiger partial charge on any atom is -0.494 e. The molecule has 2 aromatic heterocycles. The fraction of sp³-hybridized carbons (Fsp3) is 0.316. The number of nitrogens with two attached hydrogens (primary N) is 1. The Hall–Kier alpha value is -2.56. The van der Waals surface area contributed by atoms with Gasteiger partial charge in [0.05, 0.1) is 18.9 Å². The third-order valence-corrected chi connectivity index (χ3v) is 3.83. The Bertz CT molecular complexity index is 928. The van der Waals surface area contributed by atoms with Crippen LogP contribution in [0.3, 0.4) is 0 Å². The highest BCUT2D eigenvalue weighted by Gasteiger charge is 2.08. The molecule has 0 fully saturated rings. The SMILES string of the molecule is CCOc1ccc(OCC)c(NC(N)=NCCc2nnc3ccccn23)c1.I. The number of hydrogen-bond donors (Lipinski definition) is 2. The molecule has 0 saturated heterocycles. The maximum Gasteiger partial charge on any atom is 0.193 e. The predicted molar refractivity (Wildman–Crippen MR) is 121 cm³/mol. The predicted octanol–water partition coefficient (Wildman–Crippen LogP) is 3.11. The van der Waals surface area contributed by atoms with Crippen LogP contribution in [-0.2, 0) is 6.42 Å². The average Bonchev–Trinajstić information content (AvgIpc) is 3.07. The Morgan fingerprint density at radius 1 is 1.14 bits per heavy atom. The zero-order chi connectivity index (χ0) is 19.1. The van der Waals surface area contributed by atoms with E-state index in [1.165, 1.54) is 0 Å². The lowest BCUT2D eigenvalue weighted by Crippen LogP contribution is -2.23. The van der Waals surface area contributed by atoms with E-state index in [-0.39, 0.29) is 24.0 Å². The number of rotatable bonds is 8. The summed E-state index contributed by atoms with van der Waals surface area (Å²) in [5.41, 5.74) is 7.58. The number of hydrogen-bond acceptors (Lipinski definition) is 5. The van der Waals surface area contributed by atoms with Gasteiger partial charge in [-0.05, 0) is 38.1 Å². The number of aromatic nitrogens is 3. The molecule has 150 valence electrons. The van der Waals surface area contributed by atoms with Crippen molar-refractivity contribution in [2.75, 3.05) is 25.1 Å². The minimum absolute atomic E-state index is 0. The first-order chi connectivity index (χ1) is 13.2. The molecule has 0 radical (unpaired) electrons. The lowest BCUT2D eigenvalue weighted by molar-refractivity contribution is 0.332. The number of nitrogens with zero attached hydrogens (tertiary/aromatic N) is 4. The normalized spacial score (nSPS) is 11.1. The number of halogens is 1. The average molecular weight is 496 g/mol. The summed E-state index contributed by atoms with van der Waals surface area (Å²) < 4.78 is 13.1. The second-order valence-corrected chi connectivity index (χ2v) is 5.71.